The molecular weight excluding hydrogens is 266 g/mol. The Hall–Kier alpha value is -0.510. The normalized spacial score (nSPS) is 10.9. The van der Waals surface area contributed by atoms with Gasteiger partial charge in [-0.1, -0.05) is 11.6 Å². The summed E-state index contributed by atoms with van der Waals surface area (Å²) in [7, 11) is 2.06. The van der Waals surface area contributed by atoms with E-state index in [0.29, 0.717) is 11.4 Å². The van der Waals surface area contributed by atoms with Crippen LogP contribution in [0.2, 0.25) is 5.02 Å². The number of halogens is 1. The largest absolute Gasteiger partial charge is 0.306 e. The summed E-state index contributed by atoms with van der Waals surface area (Å²) in [6.45, 7) is 1.87. The Morgan fingerprint density at radius 2 is 1.94 bits per heavy atom. The Morgan fingerprint density at radius 3 is 2.56 bits per heavy atom. The molecule has 0 aromatic heterocycles. The van der Waals surface area contributed by atoms with Crippen LogP contribution in [0.5, 0.6) is 0 Å². The third-order valence-electron chi connectivity index (χ3n) is 2.78. The first-order valence-electron chi connectivity index (χ1n) is 6.09. The van der Waals surface area contributed by atoms with E-state index in [1.54, 1.807) is 24.3 Å². The van der Waals surface area contributed by atoms with E-state index in [2.05, 4.69) is 18.2 Å². The van der Waals surface area contributed by atoms with Gasteiger partial charge in [0.1, 0.15) is 0 Å². The molecule has 4 heteroatoms. The lowest BCUT2D eigenvalue weighted by Gasteiger charge is -2.15. The lowest BCUT2D eigenvalue weighted by atomic mass is 10.1. The molecule has 0 unspecified atom stereocenters. The van der Waals surface area contributed by atoms with E-state index in [9.17, 15) is 4.79 Å². The second-order valence-electron chi connectivity index (χ2n) is 4.33. The van der Waals surface area contributed by atoms with E-state index < -0.39 is 0 Å². The molecule has 100 valence electrons. The molecule has 0 saturated heterocycles. The molecule has 18 heavy (non-hydrogen) atoms. The monoisotopic (exact) mass is 285 g/mol. The minimum atomic E-state index is 0.184. The van der Waals surface area contributed by atoms with Gasteiger partial charge >= 0.3 is 0 Å². The van der Waals surface area contributed by atoms with Crippen LogP contribution in [-0.4, -0.2) is 42.8 Å². The summed E-state index contributed by atoms with van der Waals surface area (Å²) in [5, 5.41) is 0.667. The highest BCUT2D eigenvalue weighted by Gasteiger charge is 2.07. The summed E-state index contributed by atoms with van der Waals surface area (Å²) in [5.41, 5.74) is 0.747. The van der Waals surface area contributed by atoms with Gasteiger partial charge in [-0.2, -0.15) is 11.8 Å². The van der Waals surface area contributed by atoms with Gasteiger partial charge < -0.3 is 4.90 Å². The van der Waals surface area contributed by atoms with Crippen molar-refractivity contribution in [2.24, 2.45) is 0 Å². The first kappa shape index (κ1) is 15.5. The summed E-state index contributed by atoms with van der Waals surface area (Å²) in [5.74, 6) is 1.36. The number of carbonyl (C=O) groups excluding carboxylic acids is 1. The van der Waals surface area contributed by atoms with Gasteiger partial charge in [-0.3, -0.25) is 4.79 Å². The van der Waals surface area contributed by atoms with Gasteiger partial charge in [0.25, 0.3) is 0 Å². The van der Waals surface area contributed by atoms with E-state index in [1.807, 2.05) is 11.8 Å². The molecule has 0 heterocycles. The molecule has 0 aliphatic carbocycles. The molecule has 1 aromatic carbocycles. The molecule has 0 saturated carbocycles. The third-order valence-corrected chi connectivity index (χ3v) is 3.72. The van der Waals surface area contributed by atoms with Crippen molar-refractivity contribution in [3.8, 4) is 0 Å². The number of Topliss-reactive ketones (excluding diaryl/α,β-unsaturated/α-hetero) is 1. The zero-order chi connectivity index (χ0) is 13.4. The molecule has 0 radical (unpaired) electrons. The van der Waals surface area contributed by atoms with Gasteiger partial charge in [0.05, 0.1) is 0 Å². The molecule has 0 atom stereocenters. The minimum absolute atomic E-state index is 0.184. The fraction of sp³-hybridized carbons (Fsp3) is 0.500. The van der Waals surface area contributed by atoms with Crippen LogP contribution < -0.4 is 0 Å². The first-order chi connectivity index (χ1) is 8.63. The average molecular weight is 286 g/mol. The molecule has 0 fully saturated rings. The maximum atomic E-state index is 11.9. The van der Waals surface area contributed by atoms with Crippen LogP contribution in [0, 0.1) is 0 Å². The first-order valence-corrected chi connectivity index (χ1v) is 7.87. The number of nitrogens with zero attached hydrogens (tertiary/aromatic N) is 1. The molecule has 1 rings (SSSR count). The second kappa shape index (κ2) is 8.57. The summed E-state index contributed by atoms with van der Waals surface area (Å²) in [4.78, 5) is 14.1. The lowest BCUT2D eigenvalue weighted by Crippen LogP contribution is -2.23. The van der Waals surface area contributed by atoms with Gasteiger partial charge in [-0.25, -0.2) is 0 Å². The van der Waals surface area contributed by atoms with Crippen LogP contribution in [0.15, 0.2) is 24.3 Å². The van der Waals surface area contributed by atoms with Gasteiger partial charge in [-0.15, -0.1) is 0 Å². The summed E-state index contributed by atoms with van der Waals surface area (Å²) in [6, 6.07) is 7.10. The fourth-order valence-electron chi connectivity index (χ4n) is 1.66. The highest BCUT2D eigenvalue weighted by molar-refractivity contribution is 7.98. The SMILES string of the molecule is CSCCCN(C)CCC(=O)c1ccc(Cl)cc1. The maximum absolute atomic E-state index is 11.9. The van der Waals surface area contributed by atoms with E-state index in [1.165, 1.54) is 12.2 Å². The maximum Gasteiger partial charge on any atom is 0.164 e. The number of benzene rings is 1. The number of hydrogen-bond donors (Lipinski definition) is 0. The van der Waals surface area contributed by atoms with Crippen molar-refractivity contribution in [3.05, 3.63) is 34.9 Å². The Bertz CT molecular complexity index is 367. The average Bonchev–Trinajstić information content (AvgIpc) is 2.37. The summed E-state index contributed by atoms with van der Waals surface area (Å²) >= 11 is 7.65. The predicted octanol–water partition coefficient (Wildman–Crippen LogP) is 3.60. The zero-order valence-electron chi connectivity index (χ0n) is 11.0. The molecule has 0 N–H and O–H groups in total. The summed E-state index contributed by atoms with van der Waals surface area (Å²) in [6.07, 6.45) is 3.86. The Kier molecular flexibility index (Phi) is 7.40. The number of hydrogen-bond acceptors (Lipinski definition) is 3. The van der Waals surface area contributed by atoms with Crippen molar-refractivity contribution in [2.75, 3.05) is 32.1 Å². The van der Waals surface area contributed by atoms with E-state index in [4.69, 9.17) is 11.6 Å². The van der Waals surface area contributed by atoms with Crippen molar-refractivity contribution in [3.63, 3.8) is 0 Å². The van der Waals surface area contributed by atoms with Crippen molar-refractivity contribution in [1.82, 2.24) is 4.90 Å². The van der Waals surface area contributed by atoms with Gasteiger partial charge in [0, 0.05) is 23.6 Å². The van der Waals surface area contributed by atoms with Gasteiger partial charge in [-0.05, 0) is 56.3 Å². The van der Waals surface area contributed by atoms with Gasteiger partial charge in [0.2, 0.25) is 0 Å². The van der Waals surface area contributed by atoms with E-state index in [0.717, 1.165) is 18.7 Å². The van der Waals surface area contributed by atoms with Crippen LogP contribution >= 0.6 is 23.4 Å². The highest BCUT2D eigenvalue weighted by atomic mass is 35.5. The number of thioether (sulfide) groups is 1. The van der Waals surface area contributed by atoms with Crippen LogP contribution in [0.3, 0.4) is 0 Å². The third kappa shape index (κ3) is 5.89. The Labute approximate surface area is 119 Å². The van der Waals surface area contributed by atoms with Crippen molar-refractivity contribution < 1.29 is 4.79 Å². The van der Waals surface area contributed by atoms with Crippen LogP contribution in [0.4, 0.5) is 0 Å². The van der Waals surface area contributed by atoms with Crippen molar-refractivity contribution >= 4 is 29.1 Å². The Morgan fingerprint density at radius 1 is 1.28 bits per heavy atom. The van der Waals surface area contributed by atoms with Crippen LogP contribution in [0.25, 0.3) is 0 Å². The fourth-order valence-corrected chi connectivity index (χ4v) is 2.21. The van der Waals surface area contributed by atoms with E-state index >= 15 is 0 Å². The molecule has 0 spiro atoms. The molecule has 0 aliphatic rings. The van der Waals surface area contributed by atoms with Crippen molar-refractivity contribution in [2.45, 2.75) is 12.8 Å². The van der Waals surface area contributed by atoms with Crippen LogP contribution in [0.1, 0.15) is 23.2 Å². The highest BCUT2D eigenvalue weighted by Crippen LogP contribution is 2.11. The molecule has 1 aromatic rings. The van der Waals surface area contributed by atoms with Crippen molar-refractivity contribution in [1.29, 1.82) is 0 Å². The molecule has 0 aliphatic heterocycles. The topological polar surface area (TPSA) is 20.3 Å². The predicted molar refractivity (Wildman–Crippen MR) is 80.9 cm³/mol. The molecule has 2 nitrogen and oxygen atoms in total. The lowest BCUT2D eigenvalue weighted by molar-refractivity contribution is 0.0969. The van der Waals surface area contributed by atoms with E-state index in [-0.39, 0.29) is 5.78 Å². The zero-order valence-corrected chi connectivity index (χ0v) is 12.6. The summed E-state index contributed by atoms with van der Waals surface area (Å²) < 4.78 is 0. The molecule has 0 bridgehead atoms. The minimum Gasteiger partial charge on any atom is -0.306 e. The van der Waals surface area contributed by atoms with Crippen LogP contribution in [-0.2, 0) is 0 Å². The smallest absolute Gasteiger partial charge is 0.164 e. The van der Waals surface area contributed by atoms with Gasteiger partial charge in [0.15, 0.2) is 5.78 Å². The molecule has 0 amide bonds. The number of ketones is 1. The quantitative estimate of drug-likeness (QED) is 0.538. The standard InChI is InChI=1S/C14H20ClNOS/c1-16(9-3-11-18-2)10-8-14(17)12-4-6-13(15)7-5-12/h4-7H,3,8-11H2,1-2H3. The number of carbonyl (C=O) groups is 1. The molecular formula is C14H20ClNOS. The number of rotatable bonds is 8. The second-order valence-corrected chi connectivity index (χ2v) is 5.75. The Balaban J connectivity index is 2.30.